The van der Waals surface area contributed by atoms with E-state index in [0.29, 0.717) is 29.3 Å². The van der Waals surface area contributed by atoms with Crippen LogP contribution in [0.4, 0.5) is 11.4 Å². The quantitative estimate of drug-likeness (QED) is 0.424. The number of halogens is 1. The second-order valence-electron chi connectivity index (χ2n) is 8.12. The molecule has 0 fully saturated rings. The normalized spacial score (nSPS) is 16.5. The molecule has 8 nitrogen and oxygen atoms in total. The third-order valence-electron chi connectivity index (χ3n) is 5.36. The first kappa shape index (κ1) is 22.7. The van der Waals surface area contributed by atoms with Crippen LogP contribution in [0.25, 0.3) is 0 Å². The Balaban J connectivity index is 1.42. The second-order valence-corrected chi connectivity index (χ2v) is 8.87. The van der Waals surface area contributed by atoms with Gasteiger partial charge in [0.05, 0.1) is 5.69 Å². The minimum Gasteiger partial charge on any atom is -0.489 e. The van der Waals surface area contributed by atoms with Crippen molar-refractivity contribution in [2.24, 2.45) is 0 Å². The van der Waals surface area contributed by atoms with Crippen LogP contribution in [0.2, 0.25) is 0 Å². The van der Waals surface area contributed by atoms with Gasteiger partial charge in [-0.1, -0.05) is 29.4 Å². The van der Waals surface area contributed by atoms with Crippen molar-refractivity contribution in [3.05, 3.63) is 71.1 Å². The summed E-state index contributed by atoms with van der Waals surface area (Å²) < 4.78 is 11.1. The van der Waals surface area contributed by atoms with Gasteiger partial charge in [-0.15, -0.1) is 11.6 Å². The molecule has 0 aliphatic carbocycles. The fraction of sp³-hybridized carbons (Fsp3) is 0.292. The van der Waals surface area contributed by atoms with Crippen LogP contribution in [-0.2, 0) is 17.6 Å². The zero-order valence-electron chi connectivity index (χ0n) is 18.4. The molecule has 9 heteroatoms. The summed E-state index contributed by atoms with van der Waals surface area (Å²) in [6.07, 6.45) is 1.25. The summed E-state index contributed by atoms with van der Waals surface area (Å²) in [5.41, 5.74) is 9.14. The van der Waals surface area contributed by atoms with E-state index in [1.54, 1.807) is 31.3 Å². The standard InChI is InChI=1S/C24H25ClN4O4/c1-14(25)8-15-4-3-5-16(9-15)10-18-12-19(28-33-18)23(30)27-20-13-32-22-7-6-17(26)11-21(22)29(2)24(20)31/h3-7,9,11-12,14,20H,8,10,13,26H2,1-2H3,(H,27,30)/t14?,20-/m0/s1. The fourth-order valence-corrected chi connectivity index (χ4v) is 3.93. The zero-order chi connectivity index (χ0) is 23.5. The van der Waals surface area contributed by atoms with Crippen LogP contribution in [0, 0.1) is 0 Å². The molecule has 2 atom stereocenters. The van der Waals surface area contributed by atoms with E-state index >= 15 is 0 Å². The van der Waals surface area contributed by atoms with Gasteiger partial charge < -0.3 is 25.2 Å². The van der Waals surface area contributed by atoms with Gasteiger partial charge >= 0.3 is 0 Å². The Morgan fingerprint density at radius 3 is 2.85 bits per heavy atom. The van der Waals surface area contributed by atoms with Crippen LogP contribution in [0.1, 0.15) is 34.3 Å². The summed E-state index contributed by atoms with van der Waals surface area (Å²) in [5.74, 6) is 0.225. The van der Waals surface area contributed by atoms with Crippen LogP contribution < -0.4 is 20.7 Å². The zero-order valence-corrected chi connectivity index (χ0v) is 19.1. The Kier molecular flexibility index (Phi) is 6.55. The molecule has 4 rings (SSSR count). The molecule has 0 saturated carbocycles. The summed E-state index contributed by atoms with van der Waals surface area (Å²) >= 11 is 6.09. The molecular weight excluding hydrogens is 444 g/mol. The highest BCUT2D eigenvalue weighted by molar-refractivity contribution is 6.20. The molecule has 3 N–H and O–H groups in total. The minimum atomic E-state index is -0.884. The van der Waals surface area contributed by atoms with E-state index in [4.69, 9.17) is 26.6 Å². The lowest BCUT2D eigenvalue weighted by Gasteiger charge is -2.20. The highest BCUT2D eigenvalue weighted by Gasteiger charge is 2.31. The van der Waals surface area contributed by atoms with Crippen molar-refractivity contribution < 1.29 is 18.8 Å². The predicted octanol–water partition coefficient (Wildman–Crippen LogP) is 3.17. The molecule has 1 aliphatic heterocycles. The van der Waals surface area contributed by atoms with E-state index in [0.717, 1.165) is 17.5 Å². The van der Waals surface area contributed by atoms with Crippen molar-refractivity contribution >= 4 is 34.8 Å². The SMILES string of the molecule is CC(Cl)Cc1cccc(Cc2cc(C(=O)N[C@H]3COc4ccc(N)cc4N(C)C3=O)no2)c1. The largest absolute Gasteiger partial charge is 0.489 e. The van der Waals surface area contributed by atoms with Gasteiger partial charge in [-0.3, -0.25) is 9.59 Å². The number of carbonyl (C=O) groups excluding carboxylic acids is 2. The Morgan fingerprint density at radius 1 is 1.27 bits per heavy atom. The third-order valence-corrected chi connectivity index (χ3v) is 5.52. The van der Waals surface area contributed by atoms with Crippen LogP contribution in [0.15, 0.2) is 53.1 Å². The third kappa shape index (κ3) is 5.28. The molecule has 2 aromatic carbocycles. The molecule has 0 saturated heterocycles. The number of hydrogen-bond donors (Lipinski definition) is 2. The number of likely N-dealkylation sites (N-methyl/N-ethyl adjacent to an activating group) is 1. The molecule has 0 bridgehead atoms. The van der Waals surface area contributed by atoms with Gasteiger partial charge in [-0.05, 0) is 42.7 Å². The van der Waals surface area contributed by atoms with Crippen LogP contribution in [0.3, 0.4) is 0 Å². The van der Waals surface area contributed by atoms with Gasteiger partial charge in [-0.25, -0.2) is 0 Å². The van der Waals surface area contributed by atoms with E-state index in [9.17, 15) is 9.59 Å². The summed E-state index contributed by atoms with van der Waals surface area (Å²) in [6, 6.07) is 13.8. The summed E-state index contributed by atoms with van der Waals surface area (Å²) in [6.45, 7) is 1.94. The van der Waals surface area contributed by atoms with Crippen molar-refractivity contribution in [1.82, 2.24) is 10.5 Å². The van der Waals surface area contributed by atoms with Gasteiger partial charge in [0.25, 0.3) is 11.8 Å². The number of rotatable bonds is 6. The van der Waals surface area contributed by atoms with Gasteiger partial charge in [-0.2, -0.15) is 0 Å². The molecule has 172 valence electrons. The number of nitrogen functional groups attached to an aromatic ring is 1. The molecule has 33 heavy (non-hydrogen) atoms. The van der Waals surface area contributed by atoms with Gasteiger partial charge in [0.2, 0.25) is 0 Å². The average molecular weight is 469 g/mol. The number of benzene rings is 2. The summed E-state index contributed by atoms with van der Waals surface area (Å²) in [7, 11) is 1.61. The number of ether oxygens (including phenoxy) is 1. The molecule has 2 heterocycles. The van der Waals surface area contributed by atoms with E-state index in [1.165, 1.54) is 4.90 Å². The van der Waals surface area contributed by atoms with Crippen molar-refractivity contribution in [2.45, 2.75) is 31.2 Å². The summed E-state index contributed by atoms with van der Waals surface area (Å²) in [4.78, 5) is 27.1. The van der Waals surface area contributed by atoms with Crippen LogP contribution in [-0.4, -0.2) is 42.0 Å². The number of anilines is 2. The topological polar surface area (TPSA) is 111 Å². The first-order chi connectivity index (χ1) is 15.8. The Labute approximate surface area is 196 Å². The first-order valence-corrected chi connectivity index (χ1v) is 11.0. The molecule has 0 radical (unpaired) electrons. The molecular formula is C24H25ClN4O4. The average Bonchev–Trinajstić information content (AvgIpc) is 3.20. The van der Waals surface area contributed by atoms with Gasteiger partial charge in [0.1, 0.15) is 24.2 Å². The molecule has 1 aromatic heterocycles. The monoisotopic (exact) mass is 468 g/mol. The Bertz CT molecular complexity index is 1180. The van der Waals surface area contributed by atoms with E-state index in [-0.39, 0.29) is 23.6 Å². The number of nitrogens with two attached hydrogens (primary N) is 1. The van der Waals surface area contributed by atoms with Crippen molar-refractivity contribution in [2.75, 3.05) is 24.3 Å². The van der Waals surface area contributed by atoms with Crippen molar-refractivity contribution in [3.63, 3.8) is 0 Å². The van der Waals surface area contributed by atoms with Crippen molar-refractivity contribution in [1.29, 1.82) is 0 Å². The first-order valence-electron chi connectivity index (χ1n) is 10.6. The lowest BCUT2D eigenvalue weighted by molar-refractivity contribution is -0.120. The smallest absolute Gasteiger partial charge is 0.274 e. The lowest BCUT2D eigenvalue weighted by atomic mass is 10.0. The number of amides is 2. The Hall–Kier alpha value is -3.52. The number of aromatic nitrogens is 1. The summed E-state index contributed by atoms with van der Waals surface area (Å²) in [5, 5.41) is 6.61. The molecule has 1 aliphatic rings. The number of nitrogens with one attached hydrogen (secondary N) is 1. The number of alkyl halides is 1. The van der Waals surface area contributed by atoms with E-state index in [2.05, 4.69) is 16.5 Å². The number of nitrogens with zero attached hydrogens (tertiary/aromatic N) is 2. The maximum absolute atomic E-state index is 12.9. The number of fused-ring (bicyclic) bond motifs is 1. The van der Waals surface area contributed by atoms with Crippen LogP contribution >= 0.6 is 11.6 Å². The maximum Gasteiger partial charge on any atom is 0.274 e. The van der Waals surface area contributed by atoms with E-state index < -0.39 is 11.9 Å². The molecule has 3 aromatic rings. The number of hydrogen-bond acceptors (Lipinski definition) is 6. The highest BCUT2D eigenvalue weighted by atomic mass is 35.5. The Morgan fingerprint density at radius 2 is 2.06 bits per heavy atom. The molecule has 1 unspecified atom stereocenters. The highest BCUT2D eigenvalue weighted by Crippen LogP contribution is 2.32. The lowest BCUT2D eigenvalue weighted by Crippen LogP contribution is -2.49. The predicted molar refractivity (Wildman–Crippen MR) is 126 cm³/mol. The van der Waals surface area contributed by atoms with E-state index in [1.807, 2.05) is 25.1 Å². The minimum absolute atomic E-state index is 0.0116. The van der Waals surface area contributed by atoms with Crippen molar-refractivity contribution in [3.8, 4) is 5.75 Å². The molecule has 2 amide bonds. The molecule has 0 spiro atoms. The maximum atomic E-state index is 12.9. The van der Waals surface area contributed by atoms with Crippen LogP contribution in [0.5, 0.6) is 5.75 Å². The fourth-order valence-electron chi connectivity index (χ4n) is 3.75. The van der Waals surface area contributed by atoms with Gasteiger partial charge in [0.15, 0.2) is 5.69 Å². The second kappa shape index (κ2) is 9.54. The van der Waals surface area contributed by atoms with Gasteiger partial charge in [0, 0.05) is 30.6 Å². The number of carbonyl (C=O) groups is 2.